The van der Waals surface area contributed by atoms with Gasteiger partial charge in [-0.25, -0.2) is 0 Å². The summed E-state index contributed by atoms with van der Waals surface area (Å²) in [5, 5.41) is 3.54. The van der Waals surface area contributed by atoms with Crippen LogP contribution in [-0.2, 0) is 4.84 Å². The molecule has 0 atom stereocenters. The van der Waals surface area contributed by atoms with Gasteiger partial charge in [-0.05, 0) is 30.2 Å². The third kappa shape index (κ3) is 6.96. The van der Waals surface area contributed by atoms with Gasteiger partial charge in [-0.3, -0.25) is 0 Å². The van der Waals surface area contributed by atoms with Crippen molar-refractivity contribution in [2.24, 2.45) is 5.16 Å². The third-order valence-corrected chi connectivity index (χ3v) is 3.74. The minimum atomic E-state index is -4.37. The van der Waals surface area contributed by atoms with Crippen LogP contribution in [0.15, 0.2) is 28.3 Å². The van der Waals surface area contributed by atoms with E-state index in [0.29, 0.717) is 11.6 Å². The van der Waals surface area contributed by atoms with Crippen molar-refractivity contribution in [3.05, 3.63) is 29.3 Å². The van der Waals surface area contributed by atoms with Gasteiger partial charge in [-0.2, -0.15) is 26.7 Å². The number of hydrogen-bond donors (Lipinski definition) is 0. The number of oxime groups is 1. The summed E-state index contributed by atoms with van der Waals surface area (Å²) in [5.74, 6) is 1.33. The van der Waals surface area contributed by atoms with Gasteiger partial charge in [0.05, 0.1) is 5.71 Å². The maximum absolute atomic E-state index is 12.0. The van der Waals surface area contributed by atoms with Gasteiger partial charge in [-0.15, -0.1) is 11.8 Å². The second-order valence-corrected chi connectivity index (χ2v) is 6.21. The van der Waals surface area contributed by atoms with Gasteiger partial charge in [0, 0.05) is 10.5 Å². The van der Waals surface area contributed by atoms with Crippen molar-refractivity contribution in [3.8, 4) is 0 Å². The summed E-state index contributed by atoms with van der Waals surface area (Å²) in [7, 11) is 0. The first-order chi connectivity index (χ1) is 9.74. The molecule has 2 nitrogen and oxygen atoms in total. The van der Waals surface area contributed by atoms with E-state index in [9.17, 15) is 13.2 Å². The molecule has 0 aromatic heterocycles. The normalized spacial score (nSPS) is 12.3. The Labute approximate surface area is 140 Å². The van der Waals surface area contributed by atoms with Gasteiger partial charge in [0.1, 0.15) is 0 Å². The zero-order valence-electron chi connectivity index (χ0n) is 13.1. The maximum atomic E-state index is 12.0. The Balaban J connectivity index is 0.00000441. The highest BCUT2D eigenvalue weighted by Gasteiger charge is 2.28. The van der Waals surface area contributed by atoms with Crippen LogP contribution in [0.3, 0.4) is 0 Å². The fourth-order valence-electron chi connectivity index (χ4n) is 1.77. The Morgan fingerprint density at radius 1 is 1.32 bits per heavy atom. The second-order valence-electron chi connectivity index (χ2n) is 4.91. The molecular formula is C15H22F3NOS2. The average Bonchev–Trinajstić information content (AvgIpc) is 2.37. The molecule has 0 saturated heterocycles. The number of nitrogens with zero attached hydrogens (tertiary/aromatic N) is 1. The average molecular weight is 353 g/mol. The molecule has 0 fully saturated rings. The molecule has 22 heavy (non-hydrogen) atoms. The highest BCUT2D eigenvalue weighted by molar-refractivity contribution is 7.99. The highest BCUT2D eigenvalue weighted by atomic mass is 32.2. The predicted molar refractivity (Wildman–Crippen MR) is 91.5 cm³/mol. The molecule has 0 amide bonds. The van der Waals surface area contributed by atoms with Crippen molar-refractivity contribution in [1.82, 2.24) is 0 Å². The van der Waals surface area contributed by atoms with Gasteiger partial charge >= 0.3 is 6.18 Å². The summed E-state index contributed by atoms with van der Waals surface area (Å²) in [6.07, 6.45) is -4.37. The van der Waals surface area contributed by atoms with E-state index in [1.165, 1.54) is 5.56 Å². The number of halogens is 3. The lowest BCUT2D eigenvalue weighted by Crippen LogP contribution is -2.15. The Bertz CT molecular complexity index is 502. The van der Waals surface area contributed by atoms with E-state index in [1.54, 1.807) is 18.7 Å². The number of thioether (sulfide) groups is 1. The molecule has 0 N–H and O–H groups in total. The largest absolute Gasteiger partial charge is 0.425 e. The van der Waals surface area contributed by atoms with Crippen molar-refractivity contribution in [2.75, 3.05) is 12.4 Å². The summed E-state index contributed by atoms with van der Waals surface area (Å²) < 4.78 is 36.1. The second kappa shape index (κ2) is 9.35. The summed E-state index contributed by atoms with van der Waals surface area (Å²) >= 11 is 1.71. The van der Waals surface area contributed by atoms with Gasteiger partial charge in [-0.1, -0.05) is 38.1 Å². The first kappa shape index (κ1) is 21.2. The predicted octanol–water partition coefficient (Wildman–Crippen LogP) is 5.34. The number of hydrogen-bond acceptors (Lipinski definition) is 3. The smallest absolute Gasteiger partial charge is 0.386 e. The lowest BCUT2D eigenvalue weighted by molar-refractivity contribution is -0.173. The van der Waals surface area contributed by atoms with E-state index < -0.39 is 12.8 Å². The van der Waals surface area contributed by atoms with Crippen molar-refractivity contribution in [1.29, 1.82) is 0 Å². The molecule has 0 radical (unpaired) electrons. The van der Waals surface area contributed by atoms with Crippen LogP contribution < -0.4 is 0 Å². The molecule has 1 aromatic rings. The molecule has 7 heteroatoms. The van der Waals surface area contributed by atoms with Gasteiger partial charge < -0.3 is 4.84 Å². The van der Waals surface area contributed by atoms with Crippen LogP contribution in [0.5, 0.6) is 0 Å². The SMILES string of the molecule is CCSc1cc(/C(C)=N/OCC(F)(F)F)ccc1C(C)C.S. The molecule has 0 saturated carbocycles. The van der Waals surface area contributed by atoms with E-state index in [2.05, 4.69) is 30.8 Å². The van der Waals surface area contributed by atoms with Crippen LogP contribution in [0.2, 0.25) is 0 Å². The number of rotatable bonds is 6. The van der Waals surface area contributed by atoms with Gasteiger partial charge in [0.15, 0.2) is 0 Å². The Morgan fingerprint density at radius 3 is 2.45 bits per heavy atom. The van der Waals surface area contributed by atoms with Gasteiger partial charge in [0.2, 0.25) is 6.61 Å². The van der Waals surface area contributed by atoms with Crippen LogP contribution >= 0.6 is 25.3 Å². The molecule has 126 valence electrons. The van der Waals surface area contributed by atoms with E-state index in [1.807, 2.05) is 18.2 Å². The molecule has 0 heterocycles. The van der Waals surface area contributed by atoms with Crippen LogP contribution in [-0.4, -0.2) is 24.2 Å². The Morgan fingerprint density at radius 2 is 1.95 bits per heavy atom. The third-order valence-electron chi connectivity index (χ3n) is 2.78. The van der Waals surface area contributed by atoms with Crippen molar-refractivity contribution < 1.29 is 18.0 Å². The molecule has 0 aliphatic rings. The highest BCUT2D eigenvalue weighted by Crippen LogP contribution is 2.29. The van der Waals surface area contributed by atoms with Crippen LogP contribution in [0.25, 0.3) is 0 Å². The summed E-state index contributed by atoms with van der Waals surface area (Å²) in [6.45, 7) is 6.56. The summed E-state index contributed by atoms with van der Waals surface area (Å²) in [5.41, 5.74) is 2.44. The molecule has 1 rings (SSSR count). The Hall–Kier alpha value is -0.820. The van der Waals surface area contributed by atoms with Crippen LogP contribution in [0.1, 0.15) is 44.7 Å². The van der Waals surface area contributed by atoms with E-state index in [0.717, 1.165) is 16.2 Å². The first-order valence-electron chi connectivity index (χ1n) is 6.75. The molecule has 1 aromatic carbocycles. The van der Waals surface area contributed by atoms with Crippen LogP contribution in [0, 0.1) is 0 Å². The monoisotopic (exact) mass is 353 g/mol. The zero-order valence-corrected chi connectivity index (χ0v) is 14.9. The van der Waals surface area contributed by atoms with Crippen molar-refractivity contribution in [3.63, 3.8) is 0 Å². The standard InChI is InChI=1S/C15H20F3NOS.H2S/c1-5-21-14-8-12(6-7-13(14)10(2)3)11(4)19-20-9-15(16,17)18;/h6-8,10H,5,9H2,1-4H3;1H2/b19-11+;. The van der Waals surface area contributed by atoms with Crippen LogP contribution in [0.4, 0.5) is 13.2 Å². The minimum absolute atomic E-state index is 0. The Kier molecular flexibility index (Phi) is 9.00. The molecule has 0 unspecified atom stereocenters. The summed E-state index contributed by atoms with van der Waals surface area (Å²) in [6, 6.07) is 5.82. The topological polar surface area (TPSA) is 21.6 Å². The lowest BCUT2D eigenvalue weighted by Gasteiger charge is -2.13. The number of benzene rings is 1. The van der Waals surface area contributed by atoms with Crippen molar-refractivity contribution in [2.45, 2.75) is 44.7 Å². The fourth-order valence-corrected chi connectivity index (χ4v) is 2.76. The molecule has 0 spiro atoms. The number of alkyl halides is 3. The van der Waals surface area contributed by atoms with E-state index in [4.69, 9.17) is 0 Å². The van der Waals surface area contributed by atoms with Crippen molar-refractivity contribution >= 4 is 31.0 Å². The fraction of sp³-hybridized carbons (Fsp3) is 0.533. The van der Waals surface area contributed by atoms with Gasteiger partial charge in [0.25, 0.3) is 0 Å². The summed E-state index contributed by atoms with van der Waals surface area (Å²) in [4.78, 5) is 5.48. The quantitative estimate of drug-likeness (QED) is 0.391. The molecular weight excluding hydrogens is 331 g/mol. The maximum Gasteiger partial charge on any atom is 0.425 e. The molecule has 0 aliphatic carbocycles. The first-order valence-corrected chi connectivity index (χ1v) is 7.73. The lowest BCUT2D eigenvalue weighted by atomic mass is 10.0. The molecule has 0 bridgehead atoms. The van der Waals surface area contributed by atoms with E-state index >= 15 is 0 Å². The zero-order chi connectivity index (χ0) is 16.0. The van der Waals surface area contributed by atoms with E-state index in [-0.39, 0.29) is 13.5 Å². The molecule has 0 aliphatic heterocycles. The minimum Gasteiger partial charge on any atom is -0.386 e.